The fourth-order valence-electron chi connectivity index (χ4n) is 4.85. The second-order valence-electron chi connectivity index (χ2n) is 9.22. The van der Waals surface area contributed by atoms with Crippen LogP contribution in [-0.2, 0) is 11.2 Å². The molecule has 7 nitrogen and oxygen atoms in total. The van der Waals surface area contributed by atoms with Crippen LogP contribution in [0.5, 0.6) is 5.75 Å². The molecule has 0 saturated carbocycles. The molecule has 6 rings (SSSR count). The Morgan fingerprint density at radius 2 is 1.92 bits per heavy atom. The van der Waals surface area contributed by atoms with Crippen molar-refractivity contribution >= 4 is 49.3 Å². The Balaban J connectivity index is 1.50. The van der Waals surface area contributed by atoms with E-state index in [9.17, 15) is 14.7 Å². The number of aromatic nitrogens is 1. The standard InChI is InChI=1S/C30H24N2O5S/c1-4-17-9-11-18(12-10-17)25-24(26(33)22-15-19-6-5-7-21(36-3)28(19)37-22)27(34)29(35)32(25)30-31-20-13-8-16(2)14-23(20)38-30/h5-15,25,34H,4H2,1-3H3. The molecule has 0 saturated heterocycles. The summed E-state index contributed by atoms with van der Waals surface area (Å²) in [7, 11) is 1.52. The van der Waals surface area contributed by atoms with Gasteiger partial charge in [-0.25, -0.2) is 4.98 Å². The van der Waals surface area contributed by atoms with Gasteiger partial charge in [-0.1, -0.05) is 60.7 Å². The highest BCUT2D eigenvalue weighted by atomic mass is 32.1. The van der Waals surface area contributed by atoms with Gasteiger partial charge in [0, 0.05) is 5.39 Å². The Morgan fingerprint density at radius 3 is 2.66 bits per heavy atom. The summed E-state index contributed by atoms with van der Waals surface area (Å²) in [5.74, 6) is -1.36. The van der Waals surface area contributed by atoms with E-state index in [1.165, 1.54) is 23.3 Å². The van der Waals surface area contributed by atoms with Gasteiger partial charge in [-0.3, -0.25) is 14.5 Å². The minimum absolute atomic E-state index is 0.0100. The molecule has 1 N–H and O–H groups in total. The van der Waals surface area contributed by atoms with Gasteiger partial charge < -0.3 is 14.3 Å². The summed E-state index contributed by atoms with van der Waals surface area (Å²) in [6.07, 6.45) is 0.846. The van der Waals surface area contributed by atoms with Gasteiger partial charge >= 0.3 is 0 Å². The van der Waals surface area contributed by atoms with Gasteiger partial charge in [0.25, 0.3) is 5.91 Å². The summed E-state index contributed by atoms with van der Waals surface area (Å²) in [4.78, 5) is 33.6. The van der Waals surface area contributed by atoms with Crippen molar-refractivity contribution in [3.05, 3.63) is 101 Å². The minimum Gasteiger partial charge on any atom is -0.503 e. The largest absolute Gasteiger partial charge is 0.503 e. The quantitative estimate of drug-likeness (QED) is 0.248. The average Bonchev–Trinajstić information content (AvgIpc) is 3.62. The predicted octanol–water partition coefficient (Wildman–Crippen LogP) is 6.70. The van der Waals surface area contributed by atoms with E-state index in [1.54, 1.807) is 18.2 Å². The molecule has 0 radical (unpaired) electrons. The highest BCUT2D eigenvalue weighted by molar-refractivity contribution is 7.22. The molecular weight excluding hydrogens is 500 g/mol. The molecule has 1 amide bonds. The third-order valence-corrected chi connectivity index (χ3v) is 7.86. The third-order valence-electron chi connectivity index (χ3n) is 6.85. The fraction of sp³-hybridized carbons (Fsp3) is 0.167. The lowest BCUT2D eigenvalue weighted by molar-refractivity contribution is -0.117. The number of anilines is 1. The number of ether oxygens (including phenoxy) is 1. The van der Waals surface area contributed by atoms with Crippen LogP contribution < -0.4 is 9.64 Å². The Hall–Kier alpha value is -4.43. The van der Waals surface area contributed by atoms with Crippen LogP contribution >= 0.6 is 11.3 Å². The van der Waals surface area contributed by atoms with Crippen LogP contribution in [0.3, 0.4) is 0 Å². The maximum absolute atomic E-state index is 13.9. The molecule has 190 valence electrons. The maximum atomic E-state index is 13.9. The number of carbonyl (C=O) groups is 2. The first-order chi connectivity index (χ1) is 18.4. The van der Waals surface area contributed by atoms with Gasteiger partial charge in [0.1, 0.15) is 0 Å². The van der Waals surface area contributed by atoms with Crippen molar-refractivity contribution in [2.24, 2.45) is 0 Å². The van der Waals surface area contributed by atoms with Crippen LogP contribution in [0, 0.1) is 6.92 Å². The fourth-order valence-corrected chi connectivity index (χ4v) is 5.94. The van der Waals surface area contributed by atoms with E-state index in [2.05, 4.69) is 11.9 Å². The Labute approximate surface area is 222 Å². The SMILES string of the molecule is CCc1ccc(C2C(C(=O)c3cc4cccc(OC)c4o3)=C(O)C(=O)N2c2nc3ccc(C)cc3s2)cc1. The van der Waals surface area contributed by atoms with Crippen molar-refractivity contribution in [1.82, 2.24) is 4.98 Å². The minimum atomic E-state index is -0.877. The zero-order valence-electron chi connectivity index (χ0n) is 21.0. The summed E-state index contributed by atoms with van der Waals surface area (Å²) in [6, 6.07) is 19.6. The monoisotopic (exact) mass is 524 g/mol. The van der Waals surface area contributed by atoms with Gasteiger partial charge in [-0.2, -0.15) is 0 Å². The molecule has 1 unspecified atom stereocenters. The van der Waals surface area contributed by atoms with Crippen molar-refractivity contribution < 1.29 is 23.8 Å². The lowest BCUT2D eigenvalue weighted by Gasteiger charge is -2.24. The molecule has 1 aliphatic heterocycles. The van der Waals surface area contributed by atoms with Crippen molar-refractivity contribution in [2.45, 2.75) is 26.3 Å². The van der Waals surface area contributed by atoms with Gasteiger partial charge in [-0.05, 0) is 54.3 Å². The van der Waals surface area contributed by atoms with Crippen LogP contribution in [0.4, 0.5) is 5.13 Å². The van der Waals surface area contributed by atoms with E-state index in [1.807, 2.05) is 55.5 Å². The molecule has 0 aliphatic carbocycles. The van der Waals surface area contributed by atoms with E-state index < -0.39 is 23.5 Å². The van der Waals surface area contributed by atoms with Crippen molar-refractivity contribution in [3.63, 3.8) is 0 Å². The molecule has 0 bridgehead atoms. The topological polar surface area (TPSA) is 92.9 Å². The molecule has 1 aliphatic rings. The number of ketones is 1. The number of rotatable bonds is 6. The number of aryl methyl sites for hydroxylation is 2. The Kier molecular flexibility index (Phi) is 5.76. The highest BCUT2D eigenvalue weighted by Gasteiger charge is 2.46. The number of furan rings is 1. The van der Waals surface area contributed by atoms with Crippen molar-refractivity contribution in [1.29, 1.82) is 0 Å². The maximum Gasteiger partial charge on any atom is 0.296 e. The smallest absolute Gasteiger partial charge is 0.296 e. The van der Waals surface area contributed by atoms with E-state index in [4.69, 9.17) is 9.15 Å². The van der Waals surface area contributed by atoms with E-state index >= 15 is 0 Å². The number of carbonyl (C=O) groups excluding carboxylic acids is 2. The predicted molar refractivity (Wildman–Crippen MR) is 147 cm³/mol. The number of hydrogen-bond acceptors (Lipinski definition) is 7. The van der Waals surface area contributed by atoms with Gasteiger partial charge in [-0.15, -0.1) is 0 Å². The summed E-state index contributed by atoms with van der Waals surface area (Å²) >= 11 is 1.34. The number of benzene rings is 3. The van der Waals surface area contributed by atoms with Crippen molar-refractivity contribution in [3.8, 4) is 5.75 Å². The first-order valence-electron chi connectivity index (χ1n) is 12.2. The highest BCUT2D eigenvalue weighted by Crippen LogP contribution is 2.45. The van der Waals surface area contributed by atoms with Crippen LogP contribution in [0.15, 0.2) is 82.5 Å². The lowest BCUT2D eigenvalue weighted by Crippen LogP contribution is -2.31. The molecule has 2 aromatic heterocycles. The number of nitrogens with zero attached hydrogens (tertiary/aromatic N) is 2. The number of para-hydroxylation sites is 1. The number of methoxy groups -OCH3 is 1. The zero-order chi connectivity index (χ0) is 26.6. The molecular formula is C30H24N2O5S. The molecule has 8 heteroatoms. The molecule has 3 aromatic carbocycles. The second kappa shape index (κ2) is 9.15. The number of hydrogen-bond donors (Lipinski definition) is 1. The van der Waals surface area contributed by atoms with Crippen molar-refractivity contribution in [2.75, 3.05) is 12.0 Å². The van der Waals surface area contributed by atoms with E-state index in [-0.39, 0.29) is 11.3 Å². The van der Waals surface area contributed by atoms with Gasteiger partial charge in [0.05, 0.1) is 28.9 Å². The van der Waals surface area contributed by atoms with Crippen LogP contribution in [0.25, 0.3) is 21.2 Å². The van der Waals surface area contributed by atoms with E-state index in [0.29, 0.717) is 27.4 Å². The number of thiazole rings is 1. The molecule has 5 aromatic rings. The summed E-state index contributed by atoms with van der Waals surface area (Å²) in [5.41, 5.74) is 3.99. The molecule has 1 atom stereocenters. The first kappa shape index (κ1) is 23.9. The molecule has 3 heterocycles. The molecule has 0 spiro atoms. The molecule has 38 heavy (non-hydrogen) atoms. The van der Waals surface area contributed by atoms with Gasteiger partial charge in [0.2, 0.25) is 5.78 Å². The zero-order valence-corrected chi connectivity index (χ0v) is 21.8. The van der Waals surface area contributed by atoms with Crippen LogP contribution in [0.1, 0.15) is 40.2 Å². The number of Topliss-reactive ketones (excluding diaryl/α,β-unsaturated/α-hetero) is 1. The summed E-state index contributed by atoms with van der Waals surface area (Å²) in [6.45, 7) is 4.05. The Morgan fingerprint density at radius 1 is 1.13 bits per heavy atom. The number of amides is 1. The first-order valence-corrected chi connectivity index (χ1v) is 13.0. The average molecular weight is 525 g/mol. The van der Waals surface area contributed by atoms with E-state index in [0.717, 1.165) is 27.8 Å². The second-order valence-corrected chi connectivity index (χ2v) is 10.2. The number of aliphatic hydroxyl groups excluding tert-OH is 1. The van der Waals surface area contributed by atoms with Crippen LogP contribution in [-0.4, -0.2) is 28.9 Å². The summed E-state index contributed by atoms with van der Waals surface area (Å²) < 4.78 is 12.2. The normalized spacial score (nSPS) is 15.7. The van der Waals surface area contributed by atoms with Gasteiger partial charge in [0.15, 0.2) is 28.0 Å². The Bertz CT molecular complexity index is 1760. The van der Waals surface area contributed by atoms with Crippen LogP contribution in [0.2, 0.25) is 0 Å². The summed E-state index contributed by atoms with van der Waals surface area (Å²) in [5, 5.41) is 12.2. The molecule has 0 fully saturated rings. The number of aliphatic hydroxyl groups is 1. The third kappa shape index (κ3) is 3.76. The number of fused-ring (bicyclic) bond motifs is 2. The lowest BCUT2D eigenvalue weighted by atomic mass is 9.94.